The van der Waals surface area contributed by atoms with Crippen LogP contribution < -0.4 is 10.1 Å². The van der Waals surface area contributed by atoms with E-state index in [1.54, 1.807) is 7.11 Å². The first-order valence-electron chi connectivity index (χ1n) is 6.89. The van der Waals surface area contributed by atoms with E-state index in [4.69, 9.17) is 16.3 Å². The molecule has 0 heterocycles. The lowest BCUT2D eigenvalue weighted by Crippen LogP contribution is -2.17. The van der Waals surface area contributed by atoms with Crippen LogP contribution in [0.25, 0.3) is 0 Å². The summed E-state index contributed by atoms with van der Waals surface area (Å²) >= 11 is 9.53. The molecular formula is C17H19BrClNO. The zero-order valence-electron chi connectivity index (χ0n) is 12.2. The molecule has 2 aromatic rings. The Kier molecular flexibility index (Phi) is 6.09. The summed E-state index contributed by atoms with van der Waals surface area (Å²) < 4.78 is 6.12. The van der Waals surface area contributed by atoms with E-state index in [0.29, 0.717) is 6.04 Å². The smallest absolute Gasteiger partial charge is 0.118 e. The minimum atomic E-state index is 0.306. The van der Waals surface area contributed by atoms with Gasteiger partial charge in [0.1, 0.15) is 5.75 Å². The highest BCUT2D eigenvalue weighted by molar-refractivity contribution is 9.10. The van der Waals surface area contributed by atoms with Crippen molar-refractivity contribution in [2.24, 2.45) is 0 Å². The third-order valence-electron chi connectivity index (χ3n) is 3.58. The first kappa shape index (κ1) is 16.3. The lowest BCUT2D eigenvalue weighted by Gasteiger charge is -2.17. The highest BCUT2D eigenvalue weighted by atomic mass is 79.9. The molecule has 0 saturated carbocycles. The molecule has 2 nitrogen and oxygen atoms in total. The molecule has 0 aromatic heterocycles. The summed E-state index contributed by atoms with van der Waals surface area (Å²) in [4.78, 5) is 0. The van der Waals surface area contributed by atoms with E-state index in [9.17, 15) is 0 Å². The fourth-order valence-electron chi connectivity index (χ4n) is 2.31. The van der Waals surface area contributed by atoms with E-state index >= 15 is 0 Å². The van der Waals surface area contributed by atoms with Crippen LogP contribution in [0.15, 0.2) is 46.9 Å². The largest absolute Gasteiger partial charge is 0.497 e. The summed E-state index contributed by atoms with van der Waals surface area (Å²) in [6.45, 7) is 0. The van der Waals surface area contributed by atoms with E-state index in [1.807, 2.05) is 25.2 Å². The number of halogens is 2. The van der Waals surface area contributed by atoms with Crippen molar-refractivity contribution >= 4 is 27.5 Å². The predicted molar refractivity (Wildman–Crippen MR) is 92.3 cm³/mol. The molecule has 0 aliphatic heterocycles. The van der Waals surface area contributed by atoms with Crippen molar-refractivity contribution in [3.8, 4) is 5.75 Å². The maximum absolute atomic E-state index is 6.05. The average molecular weight is 369 g/mol. The Labute approximate surface area is 139 Å². The maximum Gasteiger partial charge on any atom is 0.118 e. The number of hydrogen-bond acceptors (Lipinski definition) is 2. The van der Waals surface area contributed by atoms with Gasteiger partial charge in [-0.15, -0.1) is 0 Å². The Hall–Kier alpha value is -1.03. The lowest BCUT2D eigenvalue weighted by molar-refractivity contribution is 0.414. The van der Waals surface area contributed by atoms with Gasteiger partial charge in [0.05, 0.1) is 12.1 Å². The van der Waals surface area contributed by atoms with Crippen LogP contribution in [0.2, 0.25) is 5.02 Å². The van der Waals surface area contributed by atoms with E-state index in [1.165, 1.54) is 11.1 Å². The molecule has 0 amide bonds. The van der Waals surface area contributed by atoms with Crippen LogP contribution in [-0.4, -0.2) is 14.2 Å². The van der Waals surface area contributed by atoms with Crippen molar-refractivity contribution in [3.63, 3.8) is 0 Å². The van der Waals surface area contributed by atoms with E-state index in [0.717, 1.165) is 28.1 Å². The van der Waals surface area contributed by atoms with E-state index in [2.05, 4.69) is 45.5 Å². The van der Waals surface area contributed by atoms with Crippen molar-refractivity contribution < 1.29 is 4.74 Å². The highest BCUT2D eigenvalue weighted by Crippen LogP contribution is 2.28. The summed E-state index contributed by atoms with van der Waals surface area (Å²) in [7, 11) is 3.67. The van der Waals surface area contributed by atoms with E-state index < -0.39 is 0 Å². The van der Waals surface area contributed by atoms with Gasteiger partial charge < -0.3 is 10.1 Å². The number of hydrogen-bond donors (Lipinski definition) is 1. The molecule has 0 saturated heterocycles. The number of benzene rings is 2. The molecule has 112 valence electrons. The third kappa shape index (κ3) is 4.47. The molecule has 1 N–H and O–H groups in total. The van der Waals surface area contributed by atoms with Crippen LogP contribution in [0.5, 0.6) is 5.75 Å². The molecular weight excluding hydrogens is 350 g/mol. The molecule has 0 fully saturated rings. The number of ether oxygens (including phenoxy) is 1. The average Bonchev–Trinajstić information content (AvgIpc) is 2.52. The lowest BCUT2D eigenvalue weighted by atomic mass is 9.99. The second kappa shape index (κ2) is 7.83. The van der Waals surface area contributed by atoms with Crippen molar-refractivity contribution in [2.45, 2.75) is 18.9 Å². The molecule has 4 heteroatoms. The first-order valence-corrected chi connectivity index (χ1v) is 8.06. The SMILES string of the molecule is CNC(CCc1ccc(OC)cc1)c1ccc(Cl)c(Br)c1. The van der Waals surface area contributed by atoms with Crippen molar-refractivity contribution in [1.82, 2.24) is 5.32 Å². The maximum atomic E-state index is 6.05. The number of nitrogens with one attached hydrogen (secondary N) is 1. The van der Waals surface area contributed by atoms with Gasteiger partial charge in [0, 0.05) is 10.5 Å². The Balaban J connectivity index is 2.02. The third-order valence-corrected chi connectivity index (χ3v) is 4.79. The molecule has 0 aliphatic carbocycles. The molecule has 0 radical (unpaired) electrons. The van der Waals surface area contributed by atoms with Gasteiger partial charge in [-0.1, -0.05) is 29.8 Å². The zero-order chi connectivity index (χ0) is 15.2. The minimum Gasteiger partial charge on any atom is -0.497 e. The Bertz CT molecular complexity index is 586. The van der Waals surface area contributed by atoms with Gasteiger partial charge in [0.2, 0.25) is 0 Å². The topological polar surface area (TPSA) is 21.3 Å². The highest BCUT2D eigenvalue weighted by Gasteiger charge is 2.11. The van der Waals surface area contributed by atoms with Gasteiger partial charge in [0.25, 0.3) is 0 Å². The summed E-state index contributed by atoms with van der Waals surface area (Å²) in [6.07, 6.45) is 2.03. The minimum absolute atomic E-state index is 0.306. The monoisotopic (exact) mass is 367 g/mol. The number of rotatable bonds is 6. The molecule has 21 heavy (non-hydrogen) atoms. The van der Waals surface area contributed by atoms with Gasteiger partial charge >= 0.3 is 0 Å². The Morgan fingerprint density at radius 2 is 1.90 bits per heavy atom. The van der Waals surface area contributed by atoms with Crippen LogP contribution in [0.3, 0.4) is 0 Å². The molecule has 1 atom stereocenters. The molecule has 0 spiro atoms. The molecule has 2 rings (SSSR count). The molecule has 1 unspecified atom stereocenters. The van der Waals surface area contributed by atoms with Crippen LogP contribution >= 0.6 is 27.5 Å². The van der Waals surface area contributed by atoms with E-state index in [-0.39, 0.29) is 0 Å². The van der Waals surface area contributed by atoms with Crippen molar-refractivity contribution in [1.29, 1.82) is 0 Å². The van der Waals surface area contributed by atoms with Crippen LogP contribution in [-0.2, 0) is 6.42 Å². The summed E-state index contributed by atoms with van der Waals surface area (Å²) in [5, 5.41) is 4.11. The van der Waals surface area contributed by atoms with Crippen LogP contribution in [0.1, 0.15) is 23.6 Å². The Morgan fingerprint density at radius 3 is 2.48 bits per heavy atom. The second-order valence-corrected chi connectivity index (χ2v) is 6.16. The Morgan fingerprint density at radius 1 is 1.19 bits per heavy atom. The fourth-order valence-corrected chi connectivity index (χ4v) is 2.82. The van der Waals surface area contributed by atoms with Crippen LogP contribution in [0, 0.1) is 0 Å². The van der Waals surface area contributed by atoms with Gasteiger partial charge in [-0.05, 0) is 71.2 Å². The standard InChI is InChI=1S/C17H19BrClNO/c1-20-17(13-6-9-16(19)15(18)11-13)10-5-12-3-7-14(21-2)8-4-12/h3-4,6-9,11,17,20H,5,10H2,1-2H3. The number of aryl methyl sites for hydroxylation is 1. The van der Waals surface area contributed by atoms with Gasteiger partial charge in [-0.25, -0.2) is 0 Å². The second-order valence-electron chi connectivity index (χ2n) is 4.90. The molecule has 0 aliphatic rings. The number of methoxy groups -OCH3 is 1. The molecule has 2 aromatic carbocycles. The van der Waals surface area contributed by atoms with Gasteiger partial charge in [-0.2, -0.15) is 0 Å². The van der Waals surface area contributed by atoms with Crippen LogP contribution in [0.4, 0.5) is 0 Å². The quantitative estimate of drug-likeness (QED) is 0.774. The molecule has 0 bridgehead atoms. The summed E-state index contributed by atoms with van der Waals surface area (Å²) in [6, 6.07) is 14.6. The van der Waals surface area contributed by atoms with Gasteiger partial charge in [0.15, 0.2) is 0 Å². The van der Waals surface area contributed by atoms with Crippen molar-refractivity contribution in [2.75, 3.05) is 14.2 Å². The zero-order valence-corrected chi connectivity index (χ0v) is 14.5. The van der Waals surface area contributed by atoms with Gasteiger partial charge in [-0.3, -0.25) is 0 Å². The summed E-state index contributed by atoms with van der Waals surface area (Å²) in [5.41, 5.74) is 2.55. The van der Waals surface area contributed by atoms with Crippen molar-refractivity contribution in [3.05, 3.63) is 63.1 Å². The first-order chi connectivity index (χ1) is 10.1. The normalized spacial score (nSPS) is 12.2. The predicted octanol–water partition coefficient (Wildman–Crippen LogP) is 5.00. The summed E-state index contributed by atoms with van der Waals surface area (Å²) in [5.74, 6) is 0.894. The fraction of sp³-hybridized carbons (Fsp3) is 0.294.